The molecule has 0 unspecified atom stereocenters. The molecule has 0 saturated heterocycles. The standard InChI is InChI=1S/7C2H4O2.3Mn.H2O/c7*1-2(3)4;;;;/h7*1H3,(H,3,4);;;;1H2. The molecule has 0 aromatic heterocycles. The van der Waals surface area contributed by atoms with E-state index in [-0.39, 0.29) is 56.7 Å². The minimum atomic E-state index is -0.833. The first kappa shape index (κ1) is 69.9. The zero-order valence-electron chi connectivity index (χ0n) is 18.1. The van der Waals surface area contributed by atoms with E-state index in [9.17, 15) is 0 Å². The van der Waals surface area contributed by atoms with Crippen molar-refractivity contribution < 1.29 is 126 Å². The molecule has 0 rings (SSSR count). The van der Waals surface area contributed by atoms with Crippen molar-refractivity contribution in [2.45, 2.75) is 48.5 Å². The summed E-state index contributed by atoms with van der Waals surface area (Å²) in [7, 11) is 0. The van der Waals surface area contributed by atoms with E-state index in [1.165, 1.54) is 0 Å². The van der Waals surface area contributed by atoms with Gasteiger partial charge in [0.15, 0.2) is 0 Å². The average molecular weight is 603 g/mol. The third-order valence-corrected chi connectivity index (χ3v) is 0. The summed E-state index contributed by atoms with van der Waals surface area (Å²) in [5, 5.41) is 51.9. The summed E-state index contributed by atoms with van der Waals surface area (Å²) in [6, 6.07) is 0. The quantitative estimate of drug-likeness (QED) is 0.177. The second-order valence-electron chi connectivity index (χ2n) is 3.63. The van der Waals surface area contributed by atoms with Gasteiger partial charge in [-0.15, -0.1) is 0 Å². The van der Waals surface area contributed by atoms with Gasteiger partial charge < -0.3 is 41.2 Å². The second kappa shape index (κ2) is 63.0. The zero-order chi connectivity index (χ0) is 25.0. The summed E-state index contributed by atoms with van der Waals surface area (Å²) in [5.41, 5.74) is 0. The molecule has 0 amide bonds. The van der Waals surface area contributed by atoms with Crippen LogP contribution < -0.4 is 0 Å². The summed E-state index contributed by atoms with van der Waals surface area (Å²) in [5.74, 6) is -5.83. The van der Waals surface area contributed by atoms with Crippen LogP contribution in [-0.4, -0.2) is 83.0 Å². The minimum Gasteiger partial charge on any atom is -0.481 e. The summed E-state index contributed by atoms with van der Waals surface area (Å²) >= 11 is 0. The molecule has 197 valence electrons. The van der Waals surface area contributed by atoms with Crippen LogP contribution in [0.5, 0.6) is 0 Å². The Labute approximate surface area is 215 Å². The fourth-order valence-corrected chi connectivity index (χ4v) is 0. The number of hydrogen-bond acceptors (Lipinski definition) is 7. The van der Waals surface area contributed by atoms with Gasteiger partial charge in [0.25, 0.3) is 41.8 Å². The molecule has 3 radical (unpaired) electrons. The predicted molar refractivity (Wildman–Crippen MR) is 96.8 cm³/mol. The van der Waals surface area contributed by atoms with Gasteiger partial charge in [-0.05, 0) is 0 Å². The third-order valence-electron chi connectivity index (χ3n) is 0. The Kier molecular flexibility index (Phi) is 138. The molecular weight excluding hydrogens is 573 g/mol. The molecule has 18 heteroatoms. The van der Waals surface area contributed by atoms with Crippen LogP contribution in [0.15, 0.2) is 0 Å². The molecule has 0 aromatic rings. The summed E-state index contributed by atoms with van der Waals surface area (Å²) in [6.07, 6.45) is 0. The van der Waals surface area contributed by atoms with Crippen molar-refractivity contribution in [3.8, 4) is 0 Å². The number of carboxylic acids is 7. The maximum absolute atomic E-state index is 9.00. The average Bonchev–Trinajstić information content (AvgIpc) is 2.20. The molecule has 0 fully saturated rings. The smallest absolute Gasteiger partial charge is 0.300 e. The first-order chi connectivity index (χ1) is 12.1. The Balaban J connectivity index is -0.0000000175. The van der Waals surface area contributed by atoms with Crippen molar-refractivity contribution in [1.29, 1.82) is 0 Å². The van der Waals surface area contributed by atoms with Crippen LogP contribution in [0.2, 0.25) is 0 Å². The zero-order valence-corrected chi connectivity index (χ0v) is 21.7. The number of rotatable bonds is 0. The van der Waals surface area contributed by atoms with Gasteiger partial charge in [-0.1, -0.05) is 0 Å². The minimum absolute atomic E-state index is 0. The van der Waals surface area contributed by atoms with Crippen molar-refractivity contribution in [3.63, 3.8) is 0 Å². The topological polar surface area (TPSA) is 293 Å². The van der Waals surface area contributed by atoms with E-state index < -0.39 is 41.8 Å². The Morgan fingerprint density at radius 1 is 0.312 bits per heavy atom. The Morgan fingerprint density at radius 3 is 0.312 bits per heavy atom. The van der Waals surface area contributed by atoms with E-state index >= 15 is 0 Å². The molecule has 0 aliphatic heterocycles. The summed E-state index contributed by atoms with van der Waals surface area (Å²) in [4.78, 5) is 63.0. The molecule has 0 bridgehead atoms. The Hall–Kier alpha value is -2.19. The molecule has 0 aromatic carbocycles. The molecule has 15 nitrogen and oxygen atoms in total. The van der Waals surface area contributed by atoms with E-state index in [1.807, 2.05) is 0 Å². The predicted octanol–water partition coefficient (Wildman–Crippen LogP) is -0.196. The first-order valence-electron chi connectivity index (χ1n) is 6.49. The molecule has 0 aliphatic carbocycles. The van der Waals surface area contributed by atoms with Crippen molar-refractivity contribution in [3.05, 3.63) is 0 Å². The number of carboxylic acid groups (broad SMARTS) is 7. The van der Waals surface area contributed by atoms with E-state index in [1.54, 1.807) is 0 Å². The Morgan fingerprint density at radius 2 is 0.312 bits per heavy atom. The fraction of sp³-hybridized carbons (Fsp3) is 0.500. The van der Waals surface area contributed by atoms with Gasteiger partial charge in [-0.2, -0.15) is 0 Å². The normalized spacial score (nSPS) is 5.47. The second-order valence-corrected chi connectivity index (χ2v) is 3.63. The van der Waals surface area contributed by atoms with Crippen LogP contribution in [0.4, 0.5) is 0 Å². The molecule has 0 saturated carbocycles. The van der Waals surface area contributed by atoms with Gasteiger partial charge in [-0.25, -0.2) is 0 Å². The van der Waals surface area contributed by atoms with Crippen molar-refractivity contribution >= 4 is 41.8 Å². The SMILES string of the molecule is CC(=O)O.CC(=O)O.CC(=O)O.CC(=O)O.CC(=O)O.CC(=O)O.CC(=O)O.O.[Mn].[Mn].[Mn]. The van der Waals surface area contributed by atoms with Gasteiger partial charge in [0.1, 0.15) is 0 Å². The largest absolute Gasteiger partial charge is 0.481 e. The van der Waals surface area contributed by atoms with E-state index in [4.69, 9.17) is 69.3 Å². The van der Waals surface area contributed by atoms with Crippen LogP contribution in [0.3, 0.4) is 0 Å². The molecule has 0 heterocycles. The van der Waals surface area contributed by atoms with Crippen molar-refractivity contribution in [1.82, 2.24) is 0 Å². The van der Waals surface area contributed by atoms with Crippen LogP contribution in [0.25, 0.3) is 0 Å². The van der Waals surface area contributed by atoms with Crippen LogP contribution in [-0.2, 0) is 84.8 Å². The van der Waals surface area contributed by atoms with Gasteiger partial charge in [0.2, 0.25) is 0 Å². The third kappa shape index (κ3) is 4160. The molecule has 9 N–H and O–H groups in total. The maximum Gasteiger partial charge on any atom is 0.300 e. The van der Waals surface area contributed by atoms with E-state index in [2.05, 4.69) is 0 Å². The monoisotopic (exact) mass is 603 g/mol. The molecular formula is C14H30Mn3O15. The number of carbonyl (C=O) groups is 7. The molecule has 0 aliphatic rings. The first-order valence-corrected chi connectivity index (χ1v) is 6.49. The Bertz CT molecular complexity index is 322. The molecule has 32 heavy (non-hydrogen) atoms. The summed E-state index contributed by atoms with van der Waals surface area (Å²) < 4.78 is 0. The molecule has 0 spiro atoms. The van der Waals surface area contributed by atoms with Crippen LogP contribution >= 0.6 is 0 Å². The van der Waals surface area contributed by atoms with E-state index in [0.717, 1.165) is 48.5 Å². The maximum atomic E-state index is 9.00. The van der Waals surface area contributed by atoms with E-state index in [0.29, 0.717) is 0 Å². The van der Waals surface area contributed by atoms with Crippen molar-refractivity contribution in [2.75, 3.05) is 0 Å². The summed E-state index contributed by atoms with van der Waals surface area (Å²) in [6.45, 7) is 7.58. The van der Waals surface area contributed by atoms with Gasteiger partial charge in [-0.3, -0.25) is 33.6 Å². The fourth-order valence-electron chi connectivity index (χ4n) is 0. The van der Waals surface area contributed by atoms with Gasteiger partial charge in [0.05, 0.1) is 0 Å². The van der Waals surface area contributed by atoms with Crippen LogP contribution in [0.1, 0.15) is 48.5 Å². The van der Waals surface area contributed by atoms with Crippen molar-refractivity contribution in [2.24, 2.45) is 0 Å². The number of aliphatic carboxylic acids is 7. The van der Waals surface area contributed by atoms with Gasteiger partial charge >= 0.3 is 0 Å². The molecule has 0 atom stereocenters. The van der Waals surface area contributed by atoms with Gasteiger partial charge in [0, 0.05) is 99.7 Å². The number of hydrogen-bond donors (Lipinski definition) is 7. The van der Waals surface area contributed by atoms with Crippen LogP contribution in [0, 0.1) is 0 Å².